The van der Waals surface area contributed by atoms with Crippen LogP contribution in [-0.4, -0.2) is 5.91 Å². The normalized spacial score (nSPS) is 11.5. The van der Waals surface area contributed by atoms with Crippen LogP contribution in [0.1, 0.15) is 22.0 Å². The number of carbonyl (C=O) groups is 1. The highest BCUT2D eigenvalue weighted by Crippen LogP contribution is 2.17. The standard InChI is InChI=1S/C15H9F3N2O/c16-10-6-11(17)14(12(18)7-10)15(21)20-13(8-19)9-4-2-1-3-5-9/h1-7,13H,(H,20,21). The zero-order valence-corrected chi connectivity index (χ0v) is 10.6. The van der Waals surface area contributed by atoms with Crippen molar-refractivity contribution in [2.24, 2.45) is 0 Å². The number of hydrogen-bond donors (Lipinski definition) is 1. The van der Waals surface area contributed by atoms with Crippen LogP contribution in [0.5, 0.6) is 0 Å². The Morgan fingerprint density at radius 1 is 1.10 bits per heavy atom. The molecule has 3 nitrogen and oxygen atoms in total. The van der Waals surface area contributed by atoms with Crippen molar-refractivity contribution in [1.82, 2.24) is 5.32 Å². The Labute approximate surface area is 118 Å². The lowest BCUT2D eigenvalue weighted by molar-refractivity contribution is 0.0936. The lowest BCUT2D eigenvalue weighted by atomic mass is 10.1. The van der Waals surface area contributed by atoms with Crippen LogP contribution in [0.15, 0.2) is 42.5 Å². The van der Waals surface area contributed by atoms with Crippen LogP contribution in [0.4, 0.5) is 13.2 Å². The van der Waals surface area contributed by atoms with E-state index in [1.807, 2.05) is 6.07 Å². The summed E-state index contributed by atoms with van der Waals surface area (Å²) in [7, 11) is 0. The molecule has 0 aromatic heterocycles. The van der Waals surface area contributed by atoms with Crippen molar-refractivity contribution in [3.8, 4) is 6.07 Å². The molecule has 2 aromatic carbocycles. The van der Waals surface area contributed by atoms with Gasteiger partial charge in [-0.1, -0.05) is 30.3 Å². The zero-order valence-electron chi connectivity index (χ0n) is 10.6. The molecule has 0 aliphatic heterocycles. The summed E-state index contributed by atoms with van der Waals surface area (Å²) in [5, 5.41) is 11.2. The first-order valence-electron chi connectivity index (χ1n) is 5.93. The number of nitrogens with one attached hydrogen (secondary N) is 1. The van der Waals surface area contributed by atoms with Gasteiger partial charge in [-0.05, 0) is 5.56 Å². The van der Waals surface area contributed by atoms with Crippen molar-refractivity contribution in [2.75, 3.05) is 0 Å². The van der Waals surface area contributed by atoms with Crippen molar-refractivity contribution in [2.45, 2.75) is 6.04 Å². The fourth-order valence-electron chi connectivity index (χ4n) is 1.80. The van der Waals surface area contributed by atoms with Gasteiger partial charge in [0, 0.05) is 12.1 Å². The number of nitriles is 1. The van der Waals surface area contributed by atoms with Crippen LogP contribution in [0.25, 0.3) is 0 Å². The second-order valence-corrected chi connectivity index (χ2v) is 4.19. The molecule has 0 radical (unpaired) electrons. The molecule has 0 fully saturated rings. The quantitative estimate of drug-likeness (QED) is 0.944. The van der Waals surface area contributed by atoms with Crippen LogP contribution in [-0.2, 0) is 0 Å². The van der Waals surface area contributed by atoms with Gasteiger partial charge in [-0.3, -0.25) is 4.79 Å². The lowest BCUT2D eigenvalue weighted by Crippen LogP contribution is -2.29. The Hall–Kier alpha value is -2.81. The molecule has 2 aromatic rings. The predicted molar refractivity (Wildman–Crippen MR) is 68.6 cm³/mol. The Morgan fingerprint density at radius 3 is 2.19 bits per heavy atom. The summed E-state index contributed by atoms with van der Waals surface area (Å²) in [5.41, 5.74) is -0.455. The second-order valence-electron chi connectivity index (χ2n) is 4.19. The smallest absolute Gasteiger partial charge is 0.258 e. The fourth-order valence-corrected chi connectivity index (χ4v) is 1.80. The summed E-state index contributed by atoms with van der Waals surface area (Å²) in [6, 6.07) is 9.77. The van der Waals surface area contributed by atoms with Crippen LogP contribution >= 0.6 is 0 Å². The molecule has 21 heavy (non-hydrogen) atoms. The summed E-state index contributed by atoms with van der Waals surface area (Å²) < 4.78 is 39.8. The summed E-state index contributed by atoms with van der Waals surface area (Å²) >= 11 is 0. The van der Waals surface area contributed by atoms with Crippen LogP contribution < -0.4 is 5.32 Å². The summed E-state index contributed by atoms with van der Waals surface area (Å²) in [4.78, 5) is 11.9. The minimum Gasteiger partial charge on any atom is -0.332 e. The van der Waals surface area contributed by atoms with E-state index in [0.29, 0.717) is 17.7 Å². The second kappa shape index (κ2) is 6.09. The SMILES string of the molecule is N#CC(NC(=O)c1c(F)cc(F)cc1F)c1ccccc1. The zero-order chi connectivity index (χ0) is 15.4. The van der Waals surface area contributed by atoms with Crippen LogP contribution in [0.3, 0.4) is 0 Å². The molecule has 1 amide bonds. The third-order valence-corrected chi connectivity index (χ3v) is 2.77. The molecule has 1 unspecified atom stereocenters. The van der Waals surface area contributed by atoms with Gasteiger partial charge >= 0.3 is 0 Å². The molecule has 1 atom stereocenters. The first-order valence-corrected chi connectivity index (χ1v) is 5.93. The number of carbonyl (C=O) groups excluding carboxylic acids is 1. The number of benzene rings is 2. The van der Waals surface area contributed by atoms with Gasteiger partial charge in [0.2, 0.25) is 0 Å². The van der Waals surface area contributed by atoms with Crippen molar-refractivity contribution < 1.29 is 18.0 Å². The minimum absolute atomic E-state index is 0.405. The Bertz CT molecular complexity index is 688. The van der Waals surface area contributed by atoms with E-state index in [-0.39, 0.29) is 0 Å². The number of rotatable bonds is 3. The molecular weight excluding hydrogens is 281 g/mol. The van der Waals surface area contributed by atoms with Gasteiger partial charge in [-0.15, -0.1) is 0 Å². The maximum atomic E-state index is 13.5. The van der Waals surface area contributed by atoms with Gasteiger partial charge in [-0.25, -0.2) is 13.2 Å². The van der Waals surface area contributed by atoms with Gasteiger partial charge in [0.05, 0.1) is 6.07 Å². The summed E-state index contributed by atoms with van der Waals surface area (Å²) in [5.74, 6) is -4.90. The maximum Gasteiger partial charge on any atom is 0.258 e. The first-order chi connectivity index (χ1) is 10.0. The topological polar surface area (TPSA) is 52.9 Å². The molecule has 0 bridgehead atoms. The van der Waals surface area contributed by atoms with Crippen molar-refractivity contribution in [3.05, 3.63) is 71.0 Å². The molecule has 0 saturated heterocycles. The summed E-state index contributed by atoms with van der Waals surface area (Å²) in [6.07, 6.45) is 0. The molecular formula is C15H9F3N2O. The molecule has 0 heterocycles. The van der Waals surface area contributed by atoms with Gasteiger partial charge in [-0.2, -0.15) is 5.26 Å². The van der Waals surface area contributed by atoms with Crippen molar-refractivity contribution in [3.63, 3.8) is 0 Å². The highest BCUT2D eigenvalue weighted by atomic mass is 19.1. The maximum absolute atomic E-state index is 13.5. The monoisotopic (exact) mass is 290 g/mol. The van der Waals surface area contributed by atoms with E-state index >= 15 is 0 Å². The first kappa shape index (κ1) is 14.6. The average Bonchev–Trinajstić information content (AvgIpc) is 2.44. The van der Waals surface area contributed by atoms with Crippen molar-refractivity contribution in [1.29, 1.82) is 5.26 Å². The molecule has 106 valence electrons. The lowest BCUT2D eigenvalue weighted by Gasteiger charge is -2.12. The molecule has 1 N–H and O–H groups in total. The molecule has 0 saturated carbocycles. The minimum atomic E-state index is -1.32. The van der Waals surface area contributed by atoms with Crippen molar-refractivity contribution >= 4 is 5.91 Å². The Morgan fingerprint density at radius 2 is 1.67 bits per heavy atom. The van der Waals surface area contributed by atoms with E-state index in [9.17, 15) is 18.0 Å². The van der Waals surface area contributed by atoms with E-state index in [2.05, 4.69) is 5.32 Å². The third kappa shape index (κ3) is 3.20. The number of hydrogen-bond acceptors (Lipinski definition) is 2. The van der Waals surface area contributed by atoms with E-state index in [0.717, 1.165) is 0 Å². The molecule has 0 spiro atoms. The van der Waals surface area contributed by atoms with Crippen LogP contribution in [0, 0.1) is 28.8 Å². The molecule has 2 rings (SSSR count). The number of nitrogens with zero attached hydrogens (tertiary/aromatic N) is 1. The fraction of sp³-hybridized carbons (Fsp3) is 0.0667. The molecule has 0 aliphatic rings. The Kier molecular flexibility index (Phi) is 4.24. The highest BCUT2D eigenvalue weighted by molar-refractivity contribution is 5.95. The average molecular weight is 290 g/mol. The summed E-state index contributed by atoms with van der Waals surface area (Å²) in [6.45, 7) is 0. The highest BCUT2D eigenvalue weighted by Gasteiger charge is 2.22. The van der Waals surface area contributed by atoms with E-state index < -0.39 is 35.0 Å². The van der Waals surface area contributed by atoms with E-state index in [4.69, 9.17) is 5.26 Å². The molecule has 0 aliphatic carbocycles. The van der Waals surface area contributed by atoms with Gasteiger partial charge in [0.25, 0.3) is 5.91 Å². The van der Waals surface area contributed by atoms with E-state index in [1.165, 1.54) is 0 Å². The molecule has 6 heteroatoms. The predicted octanol–water partition coefficient (Wildman–Crippen LogP) is 3.10. The van der Waals surface area contributed by atoms with E-state index in [1.54, 1.807) is 30.3 Å². The largest absolute Gasteiger partial charge is 0.332 e. The number of amides is 1. The number of halogens is 3. The van der Waals surface area contributed by atoms with Crippen LogP contribution in [0.2, 0.25) is 0 Å². The van der Waals surface area contributed by atoms with Gasteiger partial charge in [0.1, 0.15) is 29.1 Å². The van der Waals surface area contributed by atoms with Gasteiger partial charge < -0.3 is 5.32 Å². The third-order valence-electron chi connectivity index (χ3n) is 2.77. The van der Waals surface area contributed by atoms with Gasteiger partial charge in [0.15, 0.2) is 0 Å². The Balaban J connectivity index is 2.28.